The fourth-order valence-corrected chi connectivity index (χ4v) is 3.99. The van der Waals surface area contributed by atoms with Gasteiger partial charge in [0.25, 0.3) is 0 Å². The number of hydrogen-bond donors (Lipinski definition) is 1. The zero-order chi connectivity index (χ0) is 17.6. The molecule has 0 spiro atoms. The highest BCUT2D eigenvalue weighted by atomic mass is 16.4. The van der Waals surface area contributed by atoms with Gasteiger partial charge in [0, 0.05) is 25.4 Å². The Hall–Kier alpha value is -1.88. The predicted molar refractivity (Wildman–Crippen MR) is 96.9 cm³/mol. The lowest BCUT2D eigenvalue weighted by Gasteiger charge is -2.33. The molecule has 5 heteroatoms. The number of carboxylic acid groups (broad SMARTS) is 1. The number of carbonyl (C=O) groups excluding carboxylic acids is 1. The highest BCUT2D eigenvalue weighted by Crippen LogP contribution is 2.27. The third kappa shape index (κ3) is 4.82. The molecule has 136 valence electrons. The lowest BCUT2D eigenvalue weighted by atomic mass is 9.90. The van der Waals surface area contributed by atoms with Gasteiger partial charge in [-0.25, -0.2) is 4.79 Å². The maximum Gasteiger partial charge on any atom is 0.335 e. The summed E-state index contributed by atoms with van der Waals surface area (Å²) >= 11 is 0. The first-order chi connectivity index (χ1) is 12.1. The van der Waals surface area contributed by atoms with Crippen LogP contribution < -0.4 is 0 Å². The molecule has 1 aromatic rings. The fourth-order valence-electron chi connectivity index (χ4n) is 3.99. The highest BCUT2D eigenvalue weighted by Gasteiger charge is 2.24. The smallest absolute Gasteiger partial charge is 0.335 e. The molecule has 25 heavy (non-hydrogen) atoms. The standard InChI is InChI=1S/C20H28N2O3/c23-19(6-4-13-21-11-1-2-12-21)22-14-3-5-18(15-22)16-7-9-17(10-8-16)20(24)25/h7-10,18H,1-6,11-15H2,(H,24,25). The molecule has 5 nitrogen and oxygen atoms in total. The molecule has 0 aliphatic carbocycles. The van der Waals surface area contributed by atoms with Gasteiger partial charge in [0.05, 0.1) is 5.56 Å². The summed E-state index contributed by atoms with van der Waals surface area (Å²) in [5.41, 5.74) is 1.45. The van der Waals surface area contributed by atoms with Crippen molar-refractivity contribution < 1.29 is 14.7 Å². The molecule has 2 saturated heterocycles. The second kappa shape index (κ2) is 8.48. The van der Waals surface area contributed by atoms with Crippen molar-refractivity contribution in [3.8, 4) is 0 Å². The van der Waals surface area contributed by atoms with Crippen LogP contribution in [0.4, 0.5) is 0 Å². The molecule has 0 radical (unpaired) electrons. The van der Waals surface area contributed by atoms with Crippen LogP contribution in [-0.2, 0) is 4.79 Å². The average Bonchev–Trinajstić information content (AvgIpc) is 3.15. The number of carboxylic acids is 1. The first-order valence-corrected chi connectivity index (χ1v) is 9.47. The van der Waals surface area contributed by atoms with Crippen LogP contribution in [0.3, 0.4) is 0 Å². The van der Waals surface area contributed by atoms with Crippen molar-refractivity contribution in [2.24, 2.45) is 0 Å². The number of hydrogen-bond acceptors (Lipinski definition) is 3. The first kappa shape index (κ1) is 17.9. The van der Waals surface area contributed by atoms with E-state index in [0.717, 1.165) is 44.5 Å². The fraction of sp³-hybridized carbons (Fsp3) is 0.600. The van der Waals surface area contributed by atoms with Crippen LogP contribution in [0.25, 0.3) is 0 Å². The van der Waals surface area contributed by atoms with Gasteiger partial charge < -0.3 is 14.9 Å². The molecule has 0 aromatic heterocycles. The van der Waals surface area contributed by atoms with Gasteiger partial charge in [-0.2, -0.15) is 0 Å². The summed E-state index contributed by atoms with van der Waals surface area (Å²) in [5, 5.41) is 9.01. The maximum absolute atomic E-state index is 12.5. The van der Waals surface area contributed by atoms with E-state index in [4.69, 9.17) is 5.11 Å². The van der Waals surface area contributed by atoms with Gasteiger partial charge in [-0.1, -0.05) is 12.1 Å². The topological polar surface area (TPSA) is 60.9 Å². The predicted octanol–water partition coefficient (Wildman–Crippen LogP) is 2.97. The Labute approximate surface area is 149 Å². The molecule has 0 bridgehead atoms. The van der Waals surface area contributed by atoms with E-state index in [1.54, 1.807) is 12.1 Å². The normalized spacial score (nSPS) is 21.4. The van der Waals surface area contributed by atoms with Crippen molar-refractivity contribution in [1.29, 1.82) is 0 Å². The van der Waals surface area contributed by atoms with E-state index in [-0.39, 0.29) is 5.91 Å². The van der Waals surface area contributed by atoms with Crippen LogP contribution >= 0.6 is 0 Å². The molecule has 1 amide bonds. The Morgan fingerprint density at radius 2 is 1.76 bits per heavy atom. The number of carbonyl (C=O) groups is 2. The van der Waals surface area contributed by atoms with E-state index in [2.05, 4.69) is 4.90 Å². The van der Waals surface area contributed by atoms with Gasteiger partial charge in [0.2, 0.25) is 5.91 Å². The summed E-state index contributed by atoms with van der Waals surface area (Å²) in [6.07, 6.45) is 6.26. The second-order valence-corrected chi connectivity index (χ2v) is 7.26. The summed E-state index contributed by atoms with van der Waals surface area (Å²) in [6, 6.07) is 7.12. The van der Waals surface area contributed by atoms with Crippen molar-refractivity contribution in [3.63, 3.8) is 0 Å². The van der Waals surface area contributed by atoms with Crippen molar-refractivity contribution in [3.05, 3.63) is 35.4 Å². The molecular weight excluding hydrogens is 316 g/mol. The summed E-state index contributed by atoms with van der Waals surface area (Å²) in [5.74, 6) is -0.310. The molecule has 2 aliphatic heterocycles. The monoisotopic (exact) mass is 344 g/mol. The number of rotatable bonds is 6. The minimum Gasteiger partial charge on any atom is -0.478 e. The van der Waals surface area contributed by atoms with Crippen LogP contribution in [0.5, 0.6) is 0 Å². The van der Waals surface area contributed by atoms with Crippen LogP contribution in [-0.4, -0.2) is 59.5 Å². The second-order valence-electron chi connectivity index (χ2n) is 7.26. The van der Waals surface area contributed by atoms with Crippen molar-refractivity contribution in [2.45, 2.75) is 44.4 Å². The Morgan fingerprint density at radius 1 is 1.04 bits per heavy atom. The van der Waals surface area contributed by atoms with Crippen LogP contribution in [0.15, 0.2) is 24.3 Å². The molecule has 1 N–H and O–H groups in total. The molecule has 3 rings (SSSR count). The third-order valence-electron chi connectivity index (χ3n) is 5.47. The summed E-state index contributed by atoms with van der Waals surface area (Å²) in [4.78, 5) is 27.9. The summed E-state index contributed by atoms with van der Waals surface area (Å²) in [7, 11) is 0. The molecule has 2 aliphatic rings. The van der Waals surface area contributed by atoms with E-state index in [9.17, 15) is 9.59 Å². The number of piperidine rings is 1. The Balaban J connectivity index is 1.49. The van der Waals surface area contributed by atoms with E-state index >= 15 is 0 Å². The van der Waals surface area contributed by atoms with Crippen molar-refractivity contribution in [2.75, 3.05) is 32.7 Å². The zero-order valence-corrected chi connectivity index (χ0v) is 14.8. The van der Waals surface area contributed by atoms with Gasteiger partial charge >= 0.3 is 5.97 Å². The maximum atomic E-state index is 12.5. The van der Waals surface area contributed by atoms with Crippen LogP contribution in [0.2, 0.25) is 0 Å². The molecule has 2 heterocycles. The average molecular weight is 344 g/mol. The van der Waals surface area contributed by atoms with E-state index in [1.165, 1.54) is 25.9 Å². The number of benzene rings is 1. The lowest BCUT2D eigenvalue weighted by Crippen LogP contribution is -2.39. The lowest BCUT2D eigenvalue weighted by molar-refractivity contribution is -0.132. The van der Waals surface area contributed by atoms with Crippen LogP contribution in [0, 0.1) is 0 Å². The van der Waals surface area contributed by atoms with Crippen LogP contribution in [0.1, 0.15) is 60.4 Å². The number of aromatic carboxylic acids is 1. The van der Waals surface area contributed by atoms with Crippen molar-refractivity contribution >= 4 is 11.9 Å². The molecule has 1 atom stereocenters. The molecule has 1 unspecified atom stereocenters. The third-order valence-corrected chi connectivity index (χ3v) is 5.47. The quantitative estimate of drug-likeness (QED) is 0.862. The van der Waals surface area contributed by atoms with E-state index in [0.29, 0.717) is 17.9 Å². The SMILES string of the molecule is O=C(O)c1ccc(C2CCCN(C(=O)CCCN3CCCC3)C2)cc1. The number of amides is 1. The van der Waals surface area contributed by atoms with Gasteiger partial charge in [-0.3, -0.25) is 4.79 Å². The van der Waals surface area contributed by atoms with Gasteiger partial charge in [-0.05, 0) is 69.4 Å². The molecule has 2 fully saturated rings. The minimum atomic E-state index is -0.898. The van der Waals surface area contributed by atoms with Gasteiger partial charge in [0.15, 0.2) is 0 Å². The van der Waals surface area contributed by atoms with Gasteiger partial charge in [-0.15, -0.1) is 0 Å². The summed E-state index contributed by atoms with van der Waals surface area (Å²) < 4.78 is 0. The Morgan fingerprint density at radius 3 is 2.44 bits per heavy atom. The minimum absolute atomic E-state index is 0.269. The highest BCUT2D eigenvalue weighted by molar-refractivity contribution is 5.87. The molecular formula is C20H28N2O3. The van der Waals surface area contributed by atoms with E-state index in [1.807, 2.05) is 17.0 Å². The Bertz CT molecular complexity index is 593. The first-order valence-electron chi connectivity index (χ1n) is 9.47. The van der Waals surface area contributed by atoms with Gasteiger partial charge in [0.1, 0.15) is 0 Å². The number of nitrogens with zero attached hydrogens (tertiary/aromatic N) is 2. The zero-order valence-electron chi connectivity index (χ0n) is 14.8. The largest absolute Gasteiger partial charge is 0.478 e. The Kier molecular flexibility index (Phi) is 6.08. The molecule has 1 aromatic carbocycles. The summed E-state index contributed by atoms with van der Waals surface area (Å²) in [6.45, 7) is 5.03. The van der Waals surface area contributed by atoms with Crippen molar-refractivity contribution in [1.82, 2.24) is 9.80 Å². The number of likely N-dealkylation sites (tertiary alicyclic amines) is 2. The van der Waals surface area contributed by atoms with E-state index < -0.39 is 5.97 Å². The molecule has 0 saturated carbocycles.